The molecule has 0 bridgehead atoms. The Labute approximate surface area is 99.3 Å². The number of allylic oxidation sites excluding steroid dienone is 3. The SMILES string of the molecule is CC1=CCC[C@@]2(C)CCC(C(C)(C)O)C=C12. The molecule has 2 rings (SSSR count). The fraction of sp³-hybridized carbons (Fsp3) is 0.733. The van der Waals surface area contributed by atoms with Crippen LogP contribution in [0.4, 0.5) is 0 Å². The van der Waals surface area contributed by atoms with Crippen molar-refractivity contribution in [3.8, 4) is 0 Å². The average Bonchev–Trinajstić information content (AvgIpc) is 2.15. The summed E-state index contributed by atoms with van der Waals surface area (Å²) in [7, 11) is 0. The van der Waals surface area contributed by atoms with Crippen LogP contribution in [-0.4, -0.2) is 10.7 Å². The molecule has 0 amide bonds. The second-order valence-electron chi connectivity index (χ2n) is 6.37. The van der Waals surface area contributed by atoms with Crippen LogP contribution in [0.25, 0.3) is 0 Å². The molecule has 0 aromatic heterocycles. The minimum absolute atomic E-state index is 0.317. The maximum Gasteiger partial charge on any atom is 0.0654 e. The highest BCUT2D eigenvalue weighted by Gasteiger charge is 2.39. The summed E-state index contributed by atoms with van der Waals surface area (Å²) in [5.41, 5.74) is 2.73. The highest BCUT2D eigenvalue weighted by molar-refractivity contribution is 5.39. The van der Waals surface area contributed by atoms with Crippen LogP contribution in [0.3, 0.4) is 0 Å². The Balaban J connectivity index is 2.37. The van der Waals surface area contributed by atoms with Gasteiger partial charge in [-0.1, -0.05) is 24.6 Å². The number of fused-ring (bicyclic) bond motifs is 1. The third-order valence-electron chi connectivity index (χ3n) is 4.50. The van der Waals surface area contributed by atoms with Gasteiger partial charge in [0.25, 0.3) is 0 Å². The van der Waals surface area contributed by atoms with Crippen molar-refractivity contribution in [3.05, 3.63) is 23.3 Å². The van der Waals surface area contributed by atoms with E-state index < -0.39 is 5.60 Å². The lowest BCUT2D eigenvalue weighted by molar-refractivity contribution is 0.0239. The Morgan fingerprint density at radius 1 is 1.38 bits per heavy atom. The van der Waals surface area contributed by atoms with E-state index in [4.69, 9.17) is 0 Å². The van der Waals surface area contributed by atoms with Crippen LogP contribution in [0.2, 0.25) is 0 Å². The largest absolute Gasteiger partial charge is 0.390 e. The van der Waals surface area contributed by atoms with Crippen molar-refractivity contribution in [2.45, 2.75) is 59.0 Å². The Kier molecular flexibility index (Phi) is 2.78. The van der Waals surface area contributed by atoms with E-state index in [-0.39, 0.29) is 0 Å². The molecule has 16 heavy (non-hydrogen) atoms. The maximum atomic E-state index is 10.1. The summed E-state index contributed by atoms with van der Waals surface area (Å²) >= 11 is 0. The maximum absolute atomic E-state index is 10.1. The number of hydrogen-bond acceptors (Lipinski definition) is 1. The van der Waals surface area contributed by atoms with E-state index in [1.165, 1.54) is 30.4 Å². The van der Waals surface area contributed by atoms with E-state index in [0.717, 1.165) is 6.42 Å². The first kappa shape index (κ1) is 11.9. The third-order valence-corrected chi connectivity index (χ3v) is 4.50. The molecule has 0 aromatic rings. The number of aliphatic hydroxyl groups is 1. The van der Waals surface area contributed by atoms with Crippen molar-refractivity contribution in [2.24, 2.45) is 11.3 Å². The Morgan fingerprint density at radius 2 is 2.06 bits per heavy atom. The highest BCUT2D eigenvalue weighted by atomic mass is 16.3. The topological polar surface area (TPSA) is 20.2 Å². The van der Waals surface area contributed by atoms with Gasteiger partial charge in [0.15, 0.2) is 0 Å². The smallest absolute Gasteiger partial charge is 0.0654 e. The number of hydrogen-bond donors (Lipinski definition) is 1. The molecule has 1 heteroatoms. The molecule has 0 radical (unpaired) electrons. The highest BCUT2D eigenvalue weighted by Crippen LogP contribution is 2.49. The monoisotopic (exact) mass is 220 g/mol. The first-order valence-electron chi connectivity index (χ1n) is 6.45. The summed E-state index contributed by atoms with van der Waals surface area (Å²) < 4.78 is 0. The summed E-state index contributed by atoms with van der Waals surface area (Å²) in [6.07, 6.45) is 9.52. The zero-order valence-electron chi connectivity index (χ0n) is 11.0. The lowest BCUT2D eigenvalue weighted by Gasteiger charge is -2.43. The summed E-state index contributed by atoms with van der Waals surface area (Å²) in [5, 5.41) is 10.1. The first-order valence-corrected chi connectivity index (χ1v) is 6.45. The molecular formula is C15H24O. The van der Waals surface area contributed by atoms with Crippen LogP contribution in [0.15, 0.2) is 23.3 Å². The van der Waals surface area contributed by atoms with E-state index in [0.29, 0.717) is 11.3 Å². The molecule has 2 aliphatic rings. The van der Waals surface area contributed by atoms with Crippen molar-refractivity contribution in [1.29, 1.82) is 0 Å². The third kappa shape index (κ3) is 1.98. The minimum Gasteiger partial charge on any atom is -0.390 e. The van der Waals surface area contributed by atoms with Crippen LogP contribution in [0.5, 0.6) is 0 Å². The molecule has 0 spiro atoms. The van der Waals surface area contributed by atoms with Crippen molar-refractivity contribution < 1.29 is 5.11 Å². The molecule has 0 fully saturated rings. The van der Waals surface area contributed by atoms with Gasteiger partial charge in [-0.25, -0.2) is 0 Å². The molecule has 0 saturated heterocycles. The zero-order valence-corrected chi connectivity index (χ0v) is 11.0. The fourth-order valence-corrected chi connectivity index (χ4v) is 3.24. The number of rotatable bonds is 1. The average molecular weight is 220 g/mol. The van der Waals surface area contributed by atoms with Crippen LogP contribution in [0.1, 0.15) is 53.4 Å². The van der Waals surface area contributed by atoms with E-state index in [1.807, 2.05) is 13.8 Å². The first-order chi connectivity index (χ1) is 7.33. The molecule has 1 N–H and O–H groups in total. The molecule has 2 aliphatic carbocycles. The predicted octanol–water partition coefficient (Wildman–Crippen LogP) is 3.84. The minimum atomic E-state index is -0.577. The second-order valence-corrected chi connectivity index (χ2v) is 6.37. The van der Waals surface area contributed by atoms with E-state index in [2.05, 4.69) is 26.0 Å². The van der Waals surface area contributed by atoms with Gasteiger partial charge < -0.3 is 5.11 Å². The molecule has 1 nitrogen and oxygen atoms in total. The normalized spacial score (nSPS) is 35.2. The van der Waals surface area contributed by atoms with Gasteiger partial charge in [0.05, 0.1) is 5.60 Å². The Morgan fingerprint density at radius 3 is 2.69 bits per heavy atom. The van der Waals surface area contributed by atoms with Crippen molar-refractivity contribution in [3.63, 3.8) is 0 Å². The van der Waals surface area contributed by atoms with Crippen LogP contribution >= 0.6 is 0 Å². The summed E-state index contributed by atoms with van der Waals surface area (Å²) in [6.45, 7) is 8.46. The standard InChI is InChI=1S/C15H24O/c1-11-6-5-8-15(4)9-7-12(10-13(11)15)14(2,3)16/h6,10,12,16H,5,7-9H2,1-4H3/t12?,15-/m0/s1. The molecule has 1 unspecified atom stereocenters. The quantitative estimate of drug-likeness (QED) is 0.712. The van der Waals surface area contributed by atoms with Crippen LogP contribution in [-0.2, 0) is 0 Å². The van der Waals surface area contributed by atoms with Crippen molar-refractivity contribution in [1.82, 2.24) is 0 Å². The molecular weight excluding hydrogens is 196 g/mol. The van der Waals surface area contributed by atoms with Gasteiger partial charge >= 0.3 is 0 Å². The molecule has 0 heterocycles. The Bertz CT molecular complexity index is 343. The Hall–Kier alpha value is -0.560. The van der Waals surface area contributed by atoms with Gasteiger partial charge in [-0.05, 0) is 57.4 Å². The molecule has 0 aromatic carbocycles. The molecule has 0 saturated carbocycles. The molecule has 2 atom stereocenters. The van der Waals surface area contributed by atoms with Gasteiger partial charge in [-0.3, -0.25) is 0 Å². The van der Waals surface area contributed by atoms with Gasteiger partial charge in [0.1, 0.15) is 0 Å². The summed E-state index contributed by atoms with van der Waals surface area (Å²) in [6, 6.07) is 0. The summed E-state index contributed by atoms with van der Waals surface area (Å²) in [4.78, 5) is 0. The van der Waals surface area contributed by atoms with Gasteiger partial charge in [-0.2, -0.15) is 0 Å². The lowest BCUT2D eigenvalue weighted by atomic mass is 9.62. The fourth-order valence-electron chi connectivity index (χ4n) is 3.24. The molecule has 90 valence electrons. The lowest BCUT2D eigenvalue weighted by Crippen LogP contribution is -2.36. The second kappa shape index (κ2) is 3.73. The van der Waals surface area contributed by atoms with Crippen molar-refractivity contribution >= 4 is 0 Å². The van der Waals surface area contributed by atoms with E-state index >= 15 is 0 Å². The van der Waals surface area contributed by atoms with Gasteiger partial charge in [-0.15, -0.1) is 0 Å². The van der Waals surface area contributed by atoms with Gasteiger partial charge in [0.2, 0.25) is 0 Å². The van der Waals surface area contributed by atoms with E-state index in [1.54, 1.807) is 0 Å². The summed E-state index contributed by atoms with van der Waals surface area (Å²) in [5.74, 6) is 0.317. The van der Waals surface area contributed by atoms with Crippen LogP contribution < -0.4 is 0 Å². The van der Waals surface area contributed by atoms with E-state index in [9.17, 15) is 5.11 Å². The van der Waals surface area contributed by atoms with Gasteiger partial charge in [0, 0.05) is 5.92 Å². The zero-order chi connectivity index (χ0) is 12.0. The molecule has 0 aliphatic heterocycles. The van der Waals surface area contributed by atoms with Crippen LogP contribution in [0, 0.1) is 11.3 Å². The predicted molar refractivity (Wildman–Crippen MR) is 68.2 cm³/mol. The van der Waals surface area contributed by atoms with Crippen molar-refractivity contribution in [2.75, 3.05) is 0 Å².